The third-order valence-electron chi connectivity index (χ3n) is 10.7. The molecule has 236 valence electrons. The van der Waals surface area contributed by atoms with E-state index < -0.39 is 59.9 Å². The second-order valence-corrected chi connectivity index (χ2v) is 13.1. The van der Waals surface area contributed by atoms with Gasteiger partial charge in [-0.1, -0.05) is 38.1 Å². The smallest absolute Gasteiger partial charge is 0.355 e. The highest BCUT2D eigenvalue weighted by atomic mass is 16.6. The highest BCUT2D eigenvalue weighted by molar-refractivity contribution is 5.89. The molecule has 0 radical (unpaired) electrons. The first kappa shape index (κ1) is 30.7. The topological polar surface area (TPSA) is 151 Å². The molecule has 3 heterocycles. The standard InChI is InChI=1S/C34H42N2O8/c1-16-11-17(2)34(41)22(13-25(42-5)33(40)43-30(16)19(4)37)8-9-23-26-27(28(23)34)29(38)18(3)31(26)44-32(39)24-12-21(15-36-24)20-7-6-10-35-14-20/h6-12,14-16,18-19,22-23,25-31,36-38,41H,13H2,1-5H3/b17-11+/t16-,18-,19-,22-,23?,25+,26+,27?,28?,29-,30?,31-,34+/m1/s1. The number of aliphatic hydroxyl groups excluding tert-OH is 2. The van der Waals surface area contributed by atoms with Crippen LogP contribution in [0, 0.1) is 41.4 Å². The molecular weight excluding hydrogens is 564 g/mol. The maximum atomic E-state index is 13.3. The zero-order valence-corrected chi connectivity index (χ0v) is 25.7. The van der Waals surface area contributed by atoms with Gasteiger partial charge >= 0.3 is 11.9 Å². The Labute approximate surface area is 257 Å². The van der Waals surface area contributed by atoms with Gasteiger partial charge in [0.1, 0.15) is 17.9 Å². The second-order valence-electron chi connectivity index (χ2n) is 13.1. The van der Waals surface area contributed by atoms with E-state index in [9.17, 15) is 24.9 Å². The Kier molecular flexibility index (Phi) is 8.07. The molecule has 2 aromatic rings. The van der Waals surface area contributed by atoms with Crippen LogP contribution >= 0.6 is 0 Å². The number of carbonyl (C=O) groups is 2. The summed E-state index contributed by atoms with van der Waals surface area (Å²) in [6.07, 6.45) is 7.13. The van der Waals surface area contributed by atoms with E-state index in [0.29, 0.717) is 11.3 Å². The molecule has 0 bridgehead atoms. The number of methoxy groups -OCH3 is 1. The van der Waals surface area contributed by atoms with Crippen molar-refractivity contribution >= 4 is 11.9 Å². The van der Waals surface area contributed by atoms with Crippen molar-refractivity contribution in [3.05, 3.63) is 66.3 Å². The minimum atomic E-state index is -1.40. The van der Waals surface area contributed by atoms with Gasteiger partial charge in [-0.25, -0.2) is 9.59 Å². The molecule has 10 heteroatoms. The van der Waals surface area contributed by atoms with Crippen molar-refractivity contribution in [1.82, 2.24) is 9.97 Å². The van der Waals surface area contributed by atoms with Gasteiger partial charge in [0.15, 0.2) is 6.10 Å². The quantitative estimate of drug-likeness (QED) is 0.297. The molecule has 0 spiro atoms. The fourth-order valence-electron chi connectivity index (χ4n) is 8.51. The number of pyridine rings is 1. The van der Waals surface area contributed by atoms with Crippen LogP contribution in [0.4, 0.5) is 0 Å². The second kappa shape index (κ2) is 11.6. The maximum Gasteiger partial charge on any atom is 0.355 e. The summed E-state index contributed by atoms with van der Waals surface area (Å²) in [5, 5.41) is 34.7. The molecule has 0 amide bonds. The number of aliphatic hydroxyl groups is 3. The van der Waals surface area contributed by atoms with E-state index in [1.807, 2.05) is 51.1 Å². The number of aromatic amines is 1. The highest BCUT2D eigenvalue weighted by Crippen LogP contribution is 2.66. The summed E-state index contributed by atoms with van der Waals surface area (Å²) in [4.78, 5) is 33.6. The summed E-state index contributed by atoms with van der Waals surface area (Å²) < 4.78 is 17.3. The van der Waals surface area contributed by atoms with Crippen molar-refractivity contribution in [1.29, 1.82) is 0 Å². The number of H-pyrrole nitrogens is 1. The maximum absolute atomic E-state index is 13.3. The molecule has 6 rings (SSSR count). The van der Waals surface area contributed by atoms with Crippen molar-refractivity contribution in [2.45, 2.75) is 70.2 Å². The lowest BCUT2D eigenvalue weighted by atomic mass is 9.46. The van der Waals surface area contributed by atoms with Crippen LogP contribution in [0.25, 0.3) is 11.1 Å². The SMILES string of the molecule is CO[C@H]1C[C@H]2C=CC3C(C4[C@H]3[C@H](OC(=O)c3cc(-c5cccnc5)c[nH]3)[C@H](C)[C@H]4O)[C@]2(O)/C(C)=C/[C@@H](C)C([C@@H](C)O)OC1=O. The van der Waals surface area contributed by atoms with E-state index in [1.54, 1.807) is 31.6 Å². The van der Waals surface area contributed by atoms with Crippen molar-refractivity contribution in [2.75, 3.05) is 7.11 Å². The Hall–Kier alpha value is -3.31. The largest absolute Gasteiger partial charge is 0.457 e. The lowest BCUT2D eigenvalue weighted by Crippen LogP contribution is -2.65. The predicted molar refractivity (Wildman–Crippen MR) is 160 cm³/mol. The molecule has 4 unspecified atom stereocenters. The molecular formula is C34H42N2O8. The molecule has 4 N–H and O–H groups in total. The molecule has 2 saturated carbocycles. The van der Waals surface area contributed by atoms with E-state index >= 15 is 0 Å². The number of allylic oxidation sites excluding steroid dienone is 1. The third-order valence-corrected chi connectivity index (χ3v) is 10.7. The summed E-state index contributed by atoms with van der Waals surface area (Å²) in [5.41, 5.74) is 1.30. The zero-order chi connectivity index (χ0) is 31.5. The Bertz CT molecular complexity index is 1450. The van der Waals surface area contributed by atoms with Crippen LogP contribution < -0.4 is 0 Å². The van der Waals surface area contributed by atoms with Gasteiger partial charge < -0.3 is 34.5 Å². The summed E-state index contributed by atoms with van der Waals surface area (Å²) in [7, 11) is 1.43. The number of carbonyl (C=O) groups excluding carboxylic acids is 2. The van der Waals surface area contributed by atoms with Crippen molar-refractivity contribution < 1.29 is 39.1 Å². The lowest BCUT2D eigenvalue weighted by Gasteiger charge is -2.61. The molecule has 3 aliphatic carbocycles. The van der Waals surface area contributed by atoms with Gasteiger partial charge in [0, 0.05) is 66.4 Å². The number of hydrogen-bond acceptors (Lipinski definition) is 9. The van der Waals surface area contributed by atoms with E-state index in [4.69, 9.17) is 14.2 Å². The fraction of sp³-hybridized carbons (Fsp3) is 0.559. The first-order valence-electron chi connectivity index (χ1n) is 15.5. The molecule has 13 atom stereocenters. The number of fused-ring (bicyclic) bond motifs is 6. The molecule has 0 aromatic carbocycles. The number of ether oxygens (including phenoxy) is 3. The molecule has 44 heavy (non-hydrogen) atoms. The van der Waals surface area contributed by atoms with Crippen molar-refractivity contribution in [2.24, 2.45) is 41.4 Å². The minimum Gasteiger partial charge on any atom is -0.457 e. The minimum absolute atomic E-state index is 0.157. The van der Waals surface area contributed by atoms with E-state index in [0.717, 1.165) is 11.1 Å². The average molecular weight is 607 g/mol. The van der Waals surface area contributed by atoms with Gasteiger partial charge in [-0.3, -0.25) is 4.98 Å². The molecule has 2 aromatic heterocycles. The van der Waals surface area contributed by atoms with Crippen LogP contribution in [0.5, 0.6) is 0 Å². The van der Waals surface area contributed by atoms with Gasteiger partial charge in [-0.05, 0) is 49.8 Å². The molecule has 1 aliphatic heterocycles. The zero-order valence-electron chi connectivity index (χ0n) is 25.7. The number of hydrogen-bond donors (Lipinski definition) is 4. The van der Waals surface area contributed by atoms with Crippen molar-refractivity contribution in [3.8, 4) is 11.1 Å². The number of aromatic nitrogens is 2. The lowest BCUT2D eigenvalue weighted by molar-refractivity contribution is -0.186. The Balaban J connectivity index is 1.30. The summed E-state index contributed by atoms with van der Waals surface area (Å²) in [6.45, 7) is 7.17. The highest BCUT2D eigenvalue weighted by Gasteiger charge is 2.71. The predicted octanol–water partition coefficient (Wildman–Crippen LogP) is 3.30. The Morgan fingerprint density at radius 1 is 1.23 bits per heavy atom. The van der Waals surface area contributed by atoms with Crippen LogP contribution in [-0.2, 0) is 19.0 Å². The molecule has 2 fully saturated rings. The Morgan fingerprint density at radius 2 is 2.00 bits per heavy atom. The van der Waals surface area contributed by atoms with Crippen LogP contribution in [0.15, 0.2) is 60.6 Å². The van der Waals surface area contributed by atoms with E-state index in [-0.39, 0.29) is 36.0 Å². The first-order chi connectivity index (χ1) is 21.0. The number of cyclic esters (lactones) is 1. The van der Waals surface area contributed by atoms with Gasteiger partial charge in [-0.2, -0.15) is 0 Å². The normalized spacial score (nSPS) is 41.6. The van der Waals surface area contributed by atoms with Crippen LogP contribution in [0.2, 0.25) is 0 Å². The van der Waals surface area contributed by atoms with Gasteiger partial charge in [0.25, 0.3) is 0 Å². The van der Waals surface area contributed by atoms with Crippen molar-refractivity contribution in [3.63, 3.8) is 0 Å². The molecule has 10 nitrogen and oxygen atoms in total. The monoisotopic (exact) mass is 606 g/mol. The van der Waals surface area contributed by atoms with Crippen LogP contribution in [0.3, 0.4) is 0 Å². The van der Waals surface area contributed by atoms with Crippen LogP contribution in [-0.4, -0.2) is 80.5 Å². The van der Waals surface area contributed by atoms with E-state index in [2.05, 4.69) is 9.97 Å². The summed E-state index contributed by atoms with van der Waals surface area (Å²) in [5.74, 6) is -3.35. The van der Waals surface area contributed by atoms with Gasteiger partial charge in [0.05, 0.1) is 17.8 Å². The summed E-state index contributed by atoms with van der Waals surface area (Å²) in [6, 6.07) is 5.47. The number of nitrogens with zero attached hydrogens (tertiary/aromatic N) is 1. The fourth-order valence-corrected chi connectivity index (χ4v) is 8.51. The molecule has 4 aliphatic rings. The number of nitrogens with one attached hydrogen (secondary N) is 1. The average Bonchev–Trinajstić information content (AvgIpc) is 3.56. The number of esters is 2. The van der Waals surface area contributed by atoms with Gasteiger partial charge in [0.2, 0.25) is 0 Å². The van der Waals surface area contributed by atoms with Crippen LogP contribution in [0.1, 0.15) is 44.6 Å². The summed E-state index contributed by atoms with van der Waals surface area (Å²) >= 11 is 0. The van der Waals surface area contributed by atoms with E-state index in [1.165, 1.54) is 7.11 Å². The van der Waals surface area contributed by atoms with Gasteiger partial charge in [-0.15, -0.1) is 0 Å². The first-order valence-corrected chi connectivity index (χ1v) is 15.5. The molecule has 0 saturated heterocycles. The number of rotatable bonds is 5. The Morgan fingerprint density at radius 3 is 2.68 bits per heavy atom. The third kappa shape index (κ3) is 4.83.